The molecule has 0 amide bonds. The molecule has 116 valence electrons. The van der Waals surface area contributed by atoms with Crippen LogP contribution in [-0.4, -0.2) is 0 Å². The van der Waals surface area contributed by atoms with E-state index in [1.165, 1.54) is 11.1 Å². The minimum absolute atomic E-state index is 0.799. The van der Waals surface area contributed by atoms with Crippen molar-refractivity contribution in [3.05, 3.63) is 108 Å². The van der Waals surface area contributed by atoms with Crippen LogP contribution >= 0.6 is 0 Å². The Morgan fingerprint density at radius 3 is 1.75 bits per heavy atom. The molecule has 1 heterocycles. The molecule has 0 aliphatic rings. The summed E-state index contributed by atoms with van der Waals surface area (Å²) in [7, 11) is 0. The maximum absolute atomic E-state index is 6.26. The van der Waals surface area contributed by atoms with Crippen LogP contribution in [0.3, 0.4) is 0 Å². The highest BCUT2D eigenvalue weighted by Gasteiger charge is 2.14. The molecule has 0 N–H and O–H groups in total. The second-order valence-corrected chi connectivity index (χ2v) is 5.85. The molecule has 0 saturated carbocycles. The number of hydrogen-bond acceptors (Lipinski definition) is 1. The lowest BCUT2D eigenvalue weighted by molar-refractivity contribution is 0.535. The van der Waals surface area contributed by atoms with Crippen molar-refractivity contribution in [2.45, 2.75) is 6.42 Å². The van der Waals surface area contributed by atoms with E-state index in [0.717, 1.165) is 29.1 Å². The maximum atomic E-state index is 6.26. The summed E-state index contributed by atoms with van der Waals surface area (Å²) >= 11 is 0. The highest BCUT2D eigenvalue weighted by molar-refractivity contribution is 5.80. The molecule has 0 atom stereocenters. The molecule has 1 heteroatoms. The van der Waals surface area contributed by atoms with E-state index in [-0.39, 0.29) is 0 Å². The van der Waals surface area contributed by atoms with Crippen LogP contribution < -0.4 is 0 Å². The normalized spacial score (nSPS) is 10.7. The second-order valence-electron chi connectivity index (χ2n) is 5.85. The molecule has 4 aromatic rings. The summed E-state index contributed by atoms with van der Waals surface area (Å²) in [4.78, 5) is 0. The molecule has 0 aliphatic carbocycles. The lowest BCUT2D eigenvalue weighted by Crippen LogP contribution is -1.83. The van der Waals surface area contributed by atoms with Gasteiger partial charge in [-0.3, -0.25) is 0 Å². The number of rotatable bonds is 4. The summed E-state index contributed by atoms with van der Waals surface area (Å²) in [5, 5.41) is 0. The minimum atomic E-state index is 0.799. The first-order valence-corrected chi connectivity index (χ1v) is 8.17. The first kappa shape index (κ1) is 14.5. The Kier molecular flexibility index (Phi) is 3.99. The van der Waals surface area contributed by atoms with Gasteiger partial charge in [-0.15, -0.1) is 0 Å². The van der Waals surface area contributed by atoms with Gasteiger partial charge in [0.15, 0.2) is 0 Å². The van der Waals surface area contributed by atoms with Gasteiger partial charge in [0.25, 0.3) is 0 Å². The zero-order valence-corrected chi connectivity index (χ0v) is 13.4. The van der Waals surface area contributed by atoms with Gasteiger partial charge >= 0.3 is 0 Å². The van der Waals surface area contributed by atoms with E-state index in [1.54, 1.807) is 0 Å². The monoisotopic (exact) mass is 310 g/mol. The first-order valence-electron chi connectivity index (χ1n) is 8.17. The van der Waals surface area contributed by atoms with Crippen LogP contribution in [0.4, 0.5) is 0 Å². The van der Waals surface area contributed by atoms with Crippen LogP contribution in [0.5, 0.6) is 0 Å². The molecular weight excluding hydrogens is 292 g/mol. The van der Waals surface area contributed by atoms with Crippen molar-refractivity contribution in [1.82, 2.24) is 0 Å². The smallest absolute Gasteiger partial charge is 0.142 e. The predicted octanol–water partition coefficient (Wildman–Crippen LogP) is 6.20. The summed E-state index contributed by atoms with van der Waals surface area (Å²) in [5.41, 5.74) is 4.69. The van der Waals surface area contributed by atoms with Crippen molar-refractivity contribution in [2.24, 2.45) is 0 Å². The van der Waals surface area contributed by atoms with E-state index in [0.29, 0.717) is 0 Å². The fourth-order valence-electron chi connectivity index (χ4n) is 2.96. The van der Waals surface area contributed by atoms with E-state index in [2.05, 4.69) is 66.7 Å². The van der Waals surface area contributed by atoms with E-state index < -0.39 is 0 Å². The average Bonchev–Trinajstić information content (AvgIpc) is 3.08. The Morgan fingerprint density at radius 2 is 1.12 bits per heavy atom. The van der Waals surface area contributed by atoms with E-state index in [9.17, 15) is 0 Å². The summed E-state index contributed by atoms with van der Waals surface area (Å²) in [5.74, 6) is 1.92. The van der Waals surface area contributed by atoms with Gasteiger partial charge in [0, 0.05) is 17.5 Å². The van der Waals surface area contributed by atoms with Gasteiger partial charge in [-0.2, -0.15) is 0 Å². The Morgan fingerprint density at radius 1 is 0.583 bits per heavy atom. The van der Waals surface area contributed by atoms with Crippen LogP contribution in [0.2, 0.25) is 0 Å². The highest BCUT2D eigenvalue weighted by atomic mass is 16.3. The zero-order valence-electron chi connectivity index (χ0n) is 13.4. The Balaban J connectivity index is 1.79. The van der Waals surface area contributed by atoms with Gasteiger partial charge in [-0.25, -0.2) is 0 Å². The topological polar surface area (TPSA) is 13.1 Å². The van der Waals surface area contributed by atoms with Crippen molar-refractivity contribution in [2.75, 3.05) is 0 Å². The number of hydrogen-bond donors (Lipinski definition) is 0. The summed E-state index contributed by atoms with van der Waals surface area (Å²) in [6.07, 6.45) is 0.799. The lowest BCUT2D eigenvalue weighted by Gasteiger charge is -2.02. The van der Waals surface area contributed by atoms with Gasteiger partial charge in [-0.1, -0.05) is 91.0 Å². The van der Waals surface area contributed by atoms with E-state index >= 15 is 0 Å². The molecule has 4 rings (SSSR count). The van der Waals surface area contributed by atoms with Crippen LogP contribution in [0.15, 0.2) is 101 Å². The van der Waals surface area contributed by atoms with Crippen molar-refractivity contribution in [3.63, 3.8) is 0 Å². The quantitative estimate of drug-likeness (QED) is 0.437. The van der Waals surface area contributed by atoms with Crippen molar-refractivity contribution in [1.29, 1.82) is 0 Å². The molecule has 0 spiro atoms. The lowest BCUT2D eigenvalue weighted by atomic mass is 10.0. The molecule has 24 heavy (non-hydrogen) atoms. The minimum Gasteiger partial charge on any atom is -0.460 e. The van der Waals surface area contributed by atoms with Crippen LogP contribution in [0, 0.1) is 0 Å². The van der Waals surface area contributed by atoms with E-state index in [1.807, 2.05) is 30.3 Å². The van der Waals surface area contributed by atoms with Gasteiger partial charge in [0.05, 0.1) is 0 Å². The maximum Gasteiger partial charge on any atom is 0.142 e. The Bertz CT molecular complexity index is 849. The van der Waals surface area contributed by atoms with Gasteiger partial charge in [0.2, 0.25) is 0 Å². The third-order valence-corrected chi connectivity index (χ3v) is 4.13. The average molecular weight is 310 g/mol. The van der Waals surface area contributed by atoms with Crippen molar-refractivity contribution in [3.8, 4) is 22.5 Å². The molecule has 1 nitrogen and oxygen atoms in total. The summed E-state index contributed by atoms with van der Waals surface area (Å²) in [6.45, 7) is 0. The molecule has 0 aliphatic heterocycles. The van der Waals surface area contributed by atoms with E-state index in [4.69, 9.17) is 4.42 Å². The van der Waals surface area contributed by atoms with Gasteiger partial charge < -0.3 is 4.42 Å². The largest absolute Gasteiger partial charge is 0.460 e. The molecule has 3 aromatic carbocycles. The number of furan rings is 1. The fourth-order valence-corrected chi connectivity index (χ4v) is 2.96. The molecule has 0 saturated heterocycles. The van der Waals surface area contributed by atoms with Crippen LogP contribution in [0.25, 0.3) is 22.5 Å². The highest BCUT2D eigenvalue weighted by Crippen LogP contribution is 2.35. The Hall–Kier alpha value is -3.06. The SMILES string of the molecule is c1ccc(Cc2cc(-c3ccccc3)c(-c3ccccc3)o2)cc1. The summed E-state index contributed by atoms with van der Waals surface area (Å²) < 4.78 is 6.26. The van der Waals surface area contributed by atoms with Gasteiger partial charge in [0.1, 0.15) is 11.5 Å². The van der Waals surface area contributed by atoms with Crippen LogP contribution in [-0.2, 0) is 6.42 Å². The van der Waals surface area contributed by atoms with Crippen molar-refractivity contribution < 1.29 is 4.42 Å². The standard InChI is InChI=1S/C23H18O/c1-4-10-18(11-5-1)16-21-17-22(19-12-6-2-7-13-19)23(24-21)20-14-8-3-9-15-20/h1-15,17H,16H2. The second kappa shape index (κ2) is 6.59. The Labute approximate surface area is 142 Å². The third kappa shape index (κ3) is 3.02. The number of benzene rings is 3. The van der Waals surface area contributed by atoms with Crippen LogP contribution in [0.1, 0.15) is 11.3 Å². The molecule has 0 fully saturated rings. The summed E-state index contributed by atoms with van der Waals surface area (Å²) in [6, 6.07) is 33.3. The van der Waals surface area contributed by atoms with Crippen molar-refractivity contribution >= 4 is 0 Å². The molecule has 0 bridgehead atoms. The first-order chi connectivity index (χ1) is 11.9. The molecular formula is C23H18O. The van der Waals surface area contributed by atoms with Gasteiger partial charge in [-0.05, 0) is 17.2 Å². The zero-order chi connectivity index (χ0) is 16.2. The molecule has 0 unspecified atom stereocenters. The fraction of sp³-hybridized carbons (Fsp3) is 0.0435. The molecule has 0 radical (unpaired) electrons. The molecule has 1 aromatic heterocycles. The predicted molar refractivity (Wildman–Crippen MR) is 98.8 cm³/mol. The third-order valence-electron chi connectivity index (χ3n) is 4.13.